The van der Waals surface area contributed by atoms with Crippen LogP contribution in [0.4, 0.5) is 5.82 Å². The lowest BCUT2D eigenvalue weighted by Gasteiger charge is -2.32. The molecule has 1 aromatic heterocycles. The number of anilines is 1. The summed E-state index contributed by atoms with van der Waals surface area (Å²) in [5, 5.41) is 2.12. The highest BCUT2D eigenvalue weighted by Gasteiger charge is 2.41. The summed E-state index contributed by atoms with van der Waals surface area (Å²) >= 11 is 0. The van der Waals surface area contributed by atoms with Crippen molar-refractivity contribution in [3.8, 4) is 0 Å². The average Bonchev–Trinajstić information content (AvgIpc) is 2.38. The molecule has 1 aromatic rings. The van der Waals surface area contributed by atoms with Gasteiger partial charge in [-0.3, -0.25) is 14.9 Å². The van der Waals surface area contributed by atoms with Crippen molar-refractivity contribution in [1.82, 2.24) is 14.6 Å². The highest BCUT2D eigenvalue weighted by molar-refractivity contribution is 7.89. The third-order valence-corrected chi connectivity index (χ3v) is 4.89. The molecule has 0 bridgehead atoms. The molecule has 0 spiro atoms. The van der Waals surface area contributed by atoms with Crippen LogP contribution in [0.25, 0.3) is 0 Å². The van der Waals surface area contributed by atoms with E-state index in [1.54, 1.807) is 6.92 Å². The lowest BCUT2D eigenvalue weighted by Crippen LogP contribution is -2.59. The molecule has 0 saturated carbocycles. The van der Waals surface area contributed by atoms with Crippen LogP contribution in [-0.4, -0.2) is 42.1 Å². The fourth-order valence-corrected chi connectivity index (χ4v) is 3.72. The Balaban J connectivity index is 2.49. The Labute approximate surface area is 116 Å². The van der Waals surface area contributed by atoms with Crippen molar-refractivity contribution < 1.29 is 18.0 Å². The second kappa shape index (κ2) is 5.17. The molecule has 9 heteroatoms. The van der Waals surface area contributed by atoms with E-state index in [-0.39, 0.29) is 17.1 Å². The van der Waals surface area contributed by atoms with Gasteiger partial charge in [0, 0.05) is 6.20 Å². The van der Waals surface area contributed by atoms with Gasteiger partial charge in [0.1, 0.15) is 16.8 Å². The van der Waals surface area contributed by atoms with E-state index in [1.165, 1.54) is 18.3 Å². The van der Waals surface area contributed by atoms with Crippen LogP contribution in [0, 0.1) is 0 Å². The number of sulfonamides is 1. The van der Waals surface area contributed by atoms with Crippen LogP contribution in [0.1, 0.15) is 13.3 Å². The number of hydrogen-bond donors (Lipinski definition) is 2. The van der Waals surface area contributed by atoms with Crippen molar-refractivity contribution in [3.63, 3.8) is 0 Å². The molecule has 0 radical (unpaired) electrons. The lowest BCUT2D eigenvalue weighted by atomic mass is 10.2. The van der Waals surface area contributed by atoms with Crippen LogP contribution in [0.15, 0.2) is 23.2 Å². The molecule has 8 nitrogen and oxygen atoms in total. The maximum Gasteiger partial charge on any atom is 0.247 e. The smallest absolute Gasteiger partial charge is 0.247 e. The molecule has 1 saturated heterocycles. The molecule has 2 amide bonds. The topological polar surface area (TPSA) is 122 Å². The van der Waals surface area contributed by atoms with Crippen molar-refractivity contribution in [1.29, 1.82) is 0 Å². The van der Waals surface area contributed by atoms with E-state index in [1.807, 2.05) is 0 Å². The van der Waals surface area contributed by atoms with Gasteiger partial charge in [-0.05, 0) is 18.6 Å². The molecule has 20 heavy (non-hydrogen) atoms. The number of nitrogens with zero attached hydrogens (tertiary/aromatic N) is 2. The highest BCUT2D eigenvalue weighted by atomic mass is 32.2. The minimum Gasteiger partial charge on any atom is -0.383 e. The van der Waals surface area contributed by atoms with Gasteiger partial charge in [-0.25, -0.2) is 13.4 Å². The molecular formula is C11H14N4O4S. The van der Waals surface area contributed by atoms with Crippen molar-refractivity contribution in [3.05, 3.63) is 18.3 Å². The highest BCUT2D eigenvalue weighted by Crippen LogP contribution is 2.24. The number of carbonyl (C=O) groups excluding carboxylic acids is 2. The number of rotatable bonds is 3. The Hall–Kier alpha value is -2.00. The number of hydrogen-bond acceptors (Lipinski definition) is 6. The molecule has 0 aromatic carbocycles. The zero-order valence-corrected chi connectivity index (χ0v) is 11.6. The summed E-state index contributed by atoms with van der Waals surface area (Å²) in [7, 11) is -4.06. The predicted octanol–water partition coefficient (Wildman–Crippen LogP) is -0.910. The van der Waals surface area contributed by atoms with Gasteiger partial charge in [0.25, 0.3) is 0 Å². The van der Waals surface area contributed by atoms with Crippen molar-refractivity contribution >= 4 is 27.7 Å². The fourth-order valence-electron chi connectivity index (χ4n) is 2.03. The molecule has 1 unspecified atom stereocenters. The standard InChI is InChI=1S/C11H14N4O4S/c1-2-7-11(17)14-9(16)6-15(7)20(18,19)8-4-3-5-13-10(8)12/h3-5,7H,2,6H2,1H3,(H2,12,13)(H,14,16,17). The Bertz CT molecular complexity index is 658. The maximum absolute atomic E-state index is 12.5. The van der Waals surface area contributed by atoms with Gasteiger partial charge in [0.05, 0.1) is 6.54 Å². The van der Waals surface area contributed by atoms with E-state index in [0.29, 0.717) is 0 Å². The molecule has 1 aliphatic rings. The van der Waals surface area contributed by atoms with Crippen LogP contribution < -0.4 is 11.1 Å². The number of piperazine rings is 1. The van der Waals surface area contributed by atoms with Gasteiger partial charge in [0.2, 0.25) is 21.8 Å². The van der Waals surface area contributed by atoms with Gasteiger partial charge in [0.15, 0.2) is 0 Å². The Kier molecular flexibility index (Phi) is 3.73. The number of amides is 2. The van der Waals surface area contributed by atoms with Gasteiger partial charge < -0.3 is 5.73 Å². The molecule has 1 aliphatic heterocycles. The SMILES string of the molecule is CCC1C(=O)NC(=O)CN1S(=O)(=O)c1cccnc1N. The summed E-state index contributed by atoms with van der Waals surface area (Å²) in [5.41, 5.74) is 5.57. The Morgan fingerprint density at radius 1 is 1.50 bits per heavy atom. The first-order chi connectivity index (χ1) is 9.37. The molecule has 2 heterocycles. The number of aromatic nitrogens is 1. The minimum atomic E-state index is -4.06. The van der Waals surface area contributed by atoms with Crippen LogP contribution in [-0.2, 0) is 19.6 Å². The number of nitrogen functional groups attached to an aromatic ring is 1. The number of pyridine rings is 1. The van der Waals surface area contributed by atoms with Crippen molar-refractivity contribution in [2.75, 3.05) is 12.3 Å². The maximum atomic E-state index is 12.5. The van der Waals surface area contributed by atoms with E-state index in [9.17, 15) is 18.0 Å². The average molecular weight is 298 g/mol. The summed E-state index contributed by atoms with van der Waals surface area (Å²) < 4.78 is 25.9. The van der Waals surface area contributed by atoms with E-state index < -0.39 is 34.4 Å². The third kappa shape index (κ3) is 2.37. The first kappa shape index (κ1) is 14.4. The van der Waals surface area contributed by atoms with Gasteiger partial charge in [-0.15, -0.1) is 0 Å². The number of carbonyl (C=O) groups is 2. The lowest BCUT2D eigenvalue weighted by molar-refractivity contribution is -0.137. The quantitative estimate of drug-likeness (QED) is 0.696. The second-order valence-electron chi connectivity index (χ2n) is 4.27. The summed E-state index contributed by atoms with van der Waals surface area (Å²) in [6.07, 6.45) is 1.61. The van der Waals surface area contributed by atoms with Gasteiger partial charge in [-0.1, -0.05) is 6.92 Å². The summed E-state index contributed by atoms with van der Waals surface area (Å²) in [4.78, 5) is 26.7. The molecule has 0 aliphatic carbocycles. The first-order valence-electron chi connectivity index (χ1n) is 5.94. The van der Waals surface area contributed by atoms with E-state index in [4.69, 9.17) is 5.73 Å². The Morgan fingerprint density at radius 3 is 2.80 bits per heavy atom. The zero-order valence-electron chi connectivity index (χ0n) is 10.7. The van der Waals surface area contributed by atoms with E-state index in [2.05, 4.69) is 10.3 Å². The normalized spacial score (nSPS) is 20.8. The molecule has 108 valence electrons. The number of nitrogens with one attached hydrogen (secondary N) is 1. The number of imide groups is 1. The van der Waals surface area contributed by atoms with Crippen LogP contribution in [0.2, 0.25) is 0 Å². The van der Waals surface area contributed by atoms with Crippen LogP contribution in [0.5, 0.6) is 0 Å². The minimum absolute atomic E-state index is 0.166. The van der Waals surface area contributed by atoms with Crippen molar-refractivity contribution in [2.45, 2.75) is 24.3 Å². The molecule has 2 rings (SSSR count). The van der Waals surface area contributed by atoms with E-state index >= 15 is 0 Å². The van der Waals surface area contributed by atoms with Gasteiger partial charge >= 0.3 is 0 Å². The third-order valence-electron chi connectivity index (χ3n) is 2.99. The second-order valence-corrected chi connectivity index (χ2v) is 6.13. The summed E-state index contributed by atoms with van der Waals surface area (Å²) in [6, 6.07) is 1.79. The van der Waals surface area contributed by atoms with Crippen LogP contribution >= 0.6 is 0 Å². The zero-order chi connectivity index (χ0) is 14.9. The van der Waals surface area contributed by atoms with Crippen molar-refractivity contribution in [2.24, 2.45) is 0 Å². The first-order valence-corrected chi connectivity index (χ1v) is 7.38. The summed E-state index contributed by atoms with van der Waals surface area (Å²) in [5.74, 6) is -1.46. The van der Waals surface area contributed by atoms with Gasteiger partial charge in [-0.2, -0.15) is 4.31 Å². The molecule has 1 fully saturated rings. The predicted molar refractivity (Wildman–Crippen MR) is 69.8 cm³/mol. The largest absolute Gasteiger partial charge is 0.383 e. The fraction of sp³-hybridized carbons (Fsp3) is 0.364. The molecule has 1 atom stereocenters. The van der Waals surface area contributed by atoms with Crippen LogP contribution in [0.3, 0.4) is 0 Å². The molecule has 3 N–H and O–H groups in total. The monoisotopic (exact) mass is 298 g/mol. The number of nitrogens with two attached hydrogens (primary N) is 1. The Morgan fingerprint density at radius 2 is 2.20 bits per heavy atom. The van der Waals surface area contributed by atoms with E-state index in [0.717, 1.165) is 4.31 Å². The molecular weight excluding hydrogens is 284 g/mol. The summed E-state index contributed by atoms with van der Waals surface area (Å²) in [6.45, 7) is 1.25.